The summed E-state index contributed by atoms with van der Waals surface area (Å²) in [4.78, 5) is 26.9. The van der Waals surface area contributed by atoms with Crippen LogP contribution in [0.4, 0.5) is 0 Å². The first kappa shape index (κ1) is 19.1. The number of hydrogen-bond acceptors (Lipinski definition) is 4. The maximum absolute atomic E-state index is 13.1. The summed E-state index contributed by atoms with van der Waals surface area (Å²) in [6, 6.07) is 5.12. The van der Waals surface area contributed by atoms with Crippen LogP contribution in [0.5, 0.6) is 0 Å². The monoisotopic (exact) mass is 399 g/mol. The molecule has 2 aliphatic rings. The van der Waals surface area contributed by atoms with Gasteiger partial charge in [-0.3, -0.25) is 9.59 Å². The van der Waals surface area contributed by atoms with Crippen molar-refractivity contribution in [1.29, 1.82) is 0 Å². The number of rotatable bonds is 3. The van der Waals surface area contributed by atoms with E-state index in [1.165, 1.54) is 33.5 Å². The van der Waals surface area contributed by atoms with E-state index in [9.17, 15) is 18.0 Å². The van der Waals surface area contributed by atoms with Crippen LogP contribution < -0.4 is 5.32 Å². The molecule has 2 saturated heterocycles. The lowest BCUT2D eigenvalue weighted by atomic mass is 9.97. The third-order valence-corrected chi connectivity index (χ3v) is 7.20. The number of benzene rings is 1. The Bertz CT molecular complexity index is 823. The number of hydrogen-bond donors (Lipinski definition) is 1. The Hall–Kier alpha value is -1.64. The van der Waals surface area contributed by atoms with Gasteiger partial charge in [-0.1, -0.05) is 11.6 Å². The van der Waals surface area contributed by atoms with Gasteiger partial charge in [-0.2, -0.15) is 4.31 Å². The molecule has 2 heterocycles. The Morgan fingerprint density at radius 2 is 1.88 bits per heavy atom. The van der Waals surface area contributed by atoms with Gasteiger partial charge in [0, 0.05) is 24.7 Å². The van der Waals surface area contributed by atoms with Crippen LogP contribution >= 0.6 is 11.6 Å². The summed E-state index contributed by atoms with van der Waals surface area (Å²) in [5, 5.41) is 3.19. The number of halogens is 1. The summed E-state index contributed by atoms with van der Waals surface area (Å²) in [5.41, 5.74) is -1.01. The van der Waals surface area contributed by atoms with E-state index in [1.807, 2.05) is 0 Å². The van der Waals surface area contributed by atoms with Crippen LogP contribution in [0.3, 0.4) is 0 Å². The Balaban J connectivity index is 1.89. The highest BCUT2D eigenvalue weighted by molar-refractivity contribution is 7.89. The fourth-order valence-electron chi connectivity index (χ4n) is 3.48. The van der Waals surface area contributed by atoms with Crippen LogP contribution in [0, 0.1) is 0 Å². The van der Waals surface area contributed by atoms with Gasteiger partial charge in [-0.15, -0.1) is 0 Å². The maximum Gasteiger partial charge on any atom is 0.245 e. The van der Waals surface area contributed by atoms with Gasteiger partial charge >= 0.3 is 0 Å². The topological polar surface area (TPSA) is 86.8 Å². The van der Waals surface area contributed by atoms with Crippen molar-refractivity contribution in [2.45, 2.75) is 43.2 Å². The molecule has 3 rings (SSSR count). The molecule has 2 fully saturated rings. The van der Waals surface area contributed by atoms with Crippen molar-refractivity contribution in [2.75, 3.05) is 19.6 Å². The minimum Gasteiger partial charge on any atom is -0.352 e. The number of nitrogens with one attached hydrogen (secondary N) is 1. The van der Waals surface area contributed by atoms with Gasteiger partial charge in [0.25, 0.3) is 0 Å². The van der Waals surface area contributed by atoms with Gasteiger partial charge in [0.05, 0.1) is 4.90 Å². The molecule has 9 heteroatoms. The molecule has 2 aliphatic heterocycles. The maximum atomic E-state index is 13.1. The molecule has 142 valence electrons. The van der Waals surface area contributed by atoms with E-state index < -0.39 is 21.6 Å². The van der Waals surface area contributed by atoms with Crippen molar-refractivity contribution in [2.24, 2.45) is 0 Å². The Kier molecular flexibility index (Phi) is 5.02. The van der Waals surface area contributed by atoms with E-state index in [0.29, 0.717) is 31.0 Å². The second-order valence-electron chi connectivity index (χ2n) is 7.03. The zero-order valence-corrected chi connectivity index (χ0v) is 16.3. The van der Waals surface area contributed by atoms with Crippen LogP contribution in [0.2, 0.25) is 5.02 Å². The smallest absolute Gasteiger partial charge is 0.245 e. The average molecular weight is 400 g/mol. The minimum atomic E-state index is -3.81. The van der Waals surface area contributed by atoms with Crippen LogP contribution in [0.1, 0.15) is 26.7 Å². The highest BCUT2D eigenvalue weighted by Gasteiger charge is 2.47. The van der Waals surface area contributed by atoms with Crippen LogP contribution in [-0.4, -0.2) is 60.7 Å². The molecule has 7 nitrogen and oxygen atoms in total. The van der Waals surface area contributed by atoms with Crippen LogP contribution in [0.15, 0.2) is 29.2 Å². The van der Waals surface area contributed by atoms with E-state index in [4.69, 9.17) is 11.6 Å². The molecule has 1 atom stereocenters. The standard InChI is InChI=1S/C17H22ClN3O4S/c1-17(2)16(23)19-9-11-20(17)15(22)14-4-3-10-21(14)26(24,25)13-7-5-12(18)6-8-13/h5-8,14H,3-4,9-11H2,1-2H3,(H,19,23). The van der Waals surface area contributed by atoms with Gasteiger partial charge in [0.15, 0.2) is 0 Å². The van der Waals surface area contributed by atoms with E-state index in [-0.39, 0.29) is 23.3 Å². The normalized spacial score (nSPS) is 23.7. The minimum absolute atomic E-state index is 0.109. The molecule has 0 spiro atoms. The number of carbonyl (C=O) groups excluding carboxylic acids is 2. The Morgan fingerprint density at radius 3 is 2.54 bits per heavy atom. The predicted octanol–water partition coefficient (Wildman–Crippen LogP) is 1.23. The number of carbonyl (C=O) groups is 2. The molecule has 1 N–H and O–H groups in total. The third-order valence-electron chi connectivity index (χ3n) is 5.03. The predicted molar refractivity (Wildman–Crippen MR) is 97.2 cm³/mol. The summed E-state index contributed by atoms with van der Waals surface area (Å²) >= 11 is 5.84. The molecule has 0 radical (unpaired) electrons. The Morgan fingerprint density at radius 1 is 1.23 bits per heavy atom. The van der Waals surface area contributed by atoms with Gasteiger partial charge in [0.1, 0.15) is 11.6 Å². The van der Waals surface area contributed by atoms with Crippen molar-refractivity contribution in [1.82, 2.24) is 14.5 Å². The molecule has 1 unspecified atom stereocenters. The molecule has 0 aliphatic carbocycles. The average Bonchev–Trinajstić information content (AvgIpc) is 3.08. The van der Waals surface area contributed by atoms with Crippen molar-refractivity contribution in [3.8, 4) is 0 Å². The second-order valence-corrected chi connectivity index (χ2v) is 9.36. The number of amides is 2. The zero-order valence-electron chi connectivity index (χ0n) is 14.7. The molecule has 0 saturated carbocycles. The zero-order chi connectivity index (χ0) is 19.1. The first-order valence-electron chi connectivity index (χ1n) is 8.53. The highest BCUT2D eigenvalue weighted by atomic mass is 35.5. The van der Waals surface area contributed by atoms with Crippen molar-refractivity contribution in [3.63, 3.8) is 0 Å². The quantitative estimate of drug-likeness (QED) is 0.828. The lowest BCUT2D eigenvalue weighted by Crippen LogP contribution is -2.65. The largest absolute Gasteiger partial charge is 0.352 e. The van der Waals surface area contributed by atoms with Crippen molar-refractivity contribution < 1.29 is 18.0 Å². The van der Waals surface area contributed by atoms with Crippen molar-refractivity contribution >= 4 is 33.4 Å². The molecule has 0 aromatic heterocycles. The number of piperazine rings is 1. The van der Waals surface area contributed by atoms with Gasteiger partial charge in [0.2, 0.25) is 21.8 Å². The van der Waals surface area contributed by atoms with E-state index in [1.54, 1.807) is 13.8 Å². The highest BCUT2D eigenvalue weighted by Crippen LogP contribution is 2.30. The van der Waals surface area contributed by atoms with E-state index in [0.717, 1.165) is 0 Å². The summed E-state index contributed by atoms with van der Waals surface area (Å²) in [6.45, 7) is 4.36. The molecule has 26 heavy (non-hydrogen) atoms. The van der Waals surface area contributed by atoms with Crippen molar-refractivity contribution in [3.05, 3.63) is 29.3 Å². The summed E-state index contributed by atoms with van der Waals surface area (Å²) < 4.78 is 27.3. The van der Waals surface area contributed by atoms with E-state index in [2.05, 4.69) is 5.32 Å². The second kappa shape index (κ2) is 6.83. The first-order chi connectivity index (χ1) is 12.2. The lowest BCUT2D eigenvalue weighted by molar-refractivity contribution is -0.151. The molecule has 1 aromatic carbocycles. The molecule has 1 aromatic rings. The van der Waals surface area contributed by atoms with Gasteiger partial charge < -0.3 is 10.2 Å². The SMILES string of the molecule is CC1(C)C(=O)NCCN1C(=O)C1CCCN1S(=O)(=O)c1ccc(Cl)cc1. The van der Waals surface area contributed by atoms with Crippen LogP contribution in [-0.2, 0) is 19.6 Å². The molecular weight excluding hydrogens is 378 g/mol. The third kappa shape index (κ3) is 3.21. The summed E-state index contributed by atoms with van der Waals surface area (Å²) in [6.07, 6.45) is 1.05. The van der Waals surface area contributed by atoms with Crippen LogP contribution in [0.25, 0.3) is 0 Å². The fourth-order valence-corrected chi connectivity index (χ4v) is 5.26. The van der Waals surface area contributed by atoms with Gasteiger partial charge in [-0.25, -0.2) is 8.42 Å². The number of nitrogens with zero attached hydrogens (tertiary/aromatic N) is 2. The van der Waals surface area contributed by atoms with E-state index >= 15 is 0 Å². The first-order valence-corrected chi connectivity index (χ1v) is 10.3. The molecule has 2 amide bonds. The fraction of sp³-hybridized carbons (Fsp3) is 0.529. The molecular formula is C17H22ClN3O4S. The van der Waals surface area contributed by atoms with Gasteiger partial charge in [-0.05, 0) is 51.0 Å². The Labute approximate surface area is 158 Å². The summed E-state index contributed by atoms with van der Waals surface area (Å²) in [5.74, 6) is -0.554. The number of sulfonamides is 1. The summed E-state index contributed by atoms with van der Waals surface area (Å²) in [7, 11) is -3.81. The molecule has 0 bridgehead atoms. The lowest BCUT2D eigenvalue weighted by Gasteiger charge is -2.43.